The molecule has 0 saturated carbocycles. The summed E-state index contributed by atoms with van der Waals surface area (Å²) in [6.07, 6.45) is 1.24. The third-order valence-corrected chi connectivity index (χ3v) is 13.2. The predicted octanol–water partition coefficient (Wildman–Crippen LogP) is -0.169. The maximum Gasteiger partial charge on any atom is 0.326 e. The van der Waals surface area contributed by atoms with E-state index >= 15 is 0 Å². The van der Waals surface area contributed by atoms with Crippen LogP contribution in [0.2, 0.25) is 0 Å². The molecule has 0 unspecified atom stereocenters. The molecule has 1 aliphatic rings. The Labute approximate surface area is 453 Å². The molecule has 26 heteroatoms. The van der Waals surface area contributed by atoms with Gasteiger partial charge in [0.2, 0.25) is 41.4 Å². The molecule has 78 heavy (non-hydrogen) atoms. The second kappa shape index (κ2) is 32.8. The maximum atomic E-state index is 14.7. The van der Waals surface area contributed by atoms with E-state index in [-0.39, 0.29) is 62.8 Å². The van der Waals surface area contributed by atoms with Crippen molar-refractivity contribution < 1.29 is 58.3 Å². The molecule has 430 valence electrons. The lowest BCUT2D eigenvalue weighted by molar-refractivity contribution is -0.384. The van der Waals surface area contributed by atoms with Gasteiger partial charge in [0.1, 0.15) is 42.3 Å². The van der Waals surface area contributed by atoms with E-state index in [1.807, 2.05) is 0 Å². The molecule has 2 aromatic carbocycles. The first-order valence-corrected chi connectivity index (χ1v) is 26.3. The molecule has 0 aliphatic carbocycles. The zero-order valence-electron chi connectivity index (χ0n) is 44.8. The van der Waals surface area contributed by atoms with Gasteiger partial charge in [0, 0.05) is 44.5 Å². The number of carbonyl (C=O) groups excluding carboxylic acids is 7. The summed E-state index contributed by atoms with van der Waals surface area (Å²) < 4.78 is 0. The highest BCUT2D eigenvalue weighted by Gasteiger charge is 2.40. The first kappa shape index (κ1) is 64.5. The van der Waals surface area contributed by atoms with Crippen LogP contribution in [0.25, 0.3) is 0 Å². The fourth-order valence-electron chi connectivity index (χ4n) is 8.71. The standard InChI is InChI=1S/C52H79N13O13/c1-5-31(4)43(63-48(72)41-17-12-26-64(41)50(74)35(54)15-9-10-24-53)49(73)59-37(22-23-42(66)67)45(69)60-38(28-32-13-7-6-8-14-32)47(71)61-39(29-33-18-20-34(21-19-33)65(77)78)46(70)58-36(16-11-25-57-52(55)56)44(68)62-40(51(75)76)27-30(2)3/h6-8,13-14,18-21,30-31,35-41,43H,5,9-12,15-17,22-29,53-54H2,1-4H3,(H,58,70)(H,59,73)(H,60,69)(H,61,71)(H,62,68)(H,63,72)(H,66,67)(H,75,76)(H4,55,56,57)/t31-,35-,36-,37-,38-,39-,40-,41-,43-/m0/s1. The van der Waals surface area contributed by atoms with Crippen LogP contribution in [0, 0.1) is 22.0 Å². The van der Waals surface area contributed by atoms with Gasteiger partial charge in [0.05, 0.1) is 11.0 Å². The number of nitrogens with one attached hydrogen (secondary N) is 6. The Hall–Kier alpha value is -7.74. The molecule has 1 aliphatic heterocycles. The average molecular weight is 1090 g/mol. The third-order valence-electron chi connectivity index (χ3n) is 13.2. The summed E-state index contributed by atoms with van der Waals surface area (Å²) in [6.45, 7) is 7.70. The van der Waals surface area contributed by atoms with Crippen LogP contribution in [0.1, 0.15) is 109 Å². The largest absolute Gasteiger partial charge is 0.481 e. The van der Waals surface area contributed by atoms with Gasteiger partial charge in [0.15, 0.2) is 5.96 Å². The molecule has 3 rings (SSSR count). The number of hydrogen-bond acceptors (Lipinski definition) is 14. The van der Waals surface area contributed by atoms with E-state index in [0.717, 1.165) is 0 Å². The lowest BCUT2D eigenvalue weighted by atomic mass is 9.96. The molecular formula is C52H79N13O13. The van der Waals surface area contributed by atoms with E-state index in [0.29, 0.717) is 56.2 Å². The van der Waals surface area contributed by atoms with E-state index in [9.17, 15) is 63.5 Å². The van der Waals surface area contributed by atoms with Crippen molar-refractivity contribution >= 4 is 64.9 Å². The van der Waals surface area contributed by atoms with Crippen molar-refractivity contribution in [1.82, 2.24) is 36.8 Å². The number of benzene rings is 2. The minimum Gasteiger partial charge on any atom is -0.481 e. The number of amides is 7. The average Bonchev–Trinajstić information content (AvgIpc) is 3.89. The van der Waals surface area contributed by atoms with Crippen molar-refractivity contribution in [2.24, 2.45) is 39.8 Å². The summed E-state index contributed by atoms with van der Waals surface area (Å²) in [5, 5.41) is 46.8. The van der Waals surface area contributed by atoms with E-state index in [1.165, 1.54) is 29.2 Å². The van der Waals surface area contributed by atoms with Crippen molar-refractivity contribution in [3.63, 3.8) is 0 Å². The summed E-state index contributed by atoms with van der Waals surface area (Å²) in [6, 6.07) is 2.88. The van der Waals surface area contributed by atoms with Crippen LogP contribution in [0.3, 0.4) is 0 Å². The van der Waals surface area contributed by atoms with Crippen LogP contribution in [-0.2, 0) is 56.0 Å². The Morgan fingerprint density at radius 1 is 0.718 bits per heavy atom. The number of rotatable bonds is 34. The predicted molar refractivity (Wildman–Crippen MR) is 287 cm³/mol. The Bertz CT molecular complexity index is 2390. The molecule has 16 N–H and O–H groups in total. The second-order valence-corrected chi connectivity index (χ2v) is 19.9. The number of nitro benzene ring substituents is 1. The van der Waals surface area contributed by atoms with E-state index in [1.54, 1.807) is 58.0 Å². The Balaban J connectivity index is 2.01. The Kier molecular flexibility index (Phi) is 27.1. The number of aliphatic imine (C=N–C) groups is 1. The van der Waals surface area contributed by atoms with Gasteiger partial charge in [-0.2, -0.15) is 0 Å². The zero-order chi connectivity index (χ0) is 58.1. The lowest BCUT2D eigenvalue weighted by Crippen LogP contribution is -2.61. The first-order chi connectivity index (χ1) is 36.9. The summed E-state index contributed by atoms with van der Waals surface area (Å²) >= 11 is 0. The van der Waals surface area contributed by atoms with Gasteiger partial charge in [-0.1, -0.05) is 83.0 Å². The maximum absolute atomic E-state index is 14.7. The quantitative estimate of drug-likeness (QED) is 0.0142. The highest BCUT2D eigenvalue weighted by Crippen LogP contribution is 2.21. The number of nitrogens with zero attached hydrogens (tertiary/aromatic N) is 3. The molecule has 1 fully saturated rings. The normalized spacial score (nSPS) is 16.1. The number of unbranched alkanes of at least 4 members (excludes halogenated alkanes) is 1. The number of likely N-dealkylation sites (tertiary alicyclic amines) is 1. The first-order valence-electron chi connectivity index (χ1n) is 26.3. The van der Waals surface area contributed by atoms with Gasteiger partial charge < -0.3 is 69.9 Å². The fourth-order valence-corrected chi connectivity index (χ4v) is 8.71. The van der Waals surface area contributed by atoms with E-state index in [2.05, 4.69) is 36.9 Å². The highest BCUT2D eigenvalue weighted by molar-refractivity contribution is 5.98. The van der Waals surface area contributed by atoms with Gasteiger partial charge in [-0.15, -0.1) is 0 Å². The van der Waals surface area contributed by atoms with E-state index in [4.69, 9.17) is 22.9 Å². The van der Waals surface area contributed by atoms with Crippen molar-refractivity contribution in [3.05, 3.63) is 75.8 Å². The van der Waals surface area contributed by atoms with Crippen molar-refractivity contribution in [2.45, 2.75) is 160 Å². The summed E-state index contributed by atoms with van der Waals surface area (Å²) in [7, 11) is 0. The number of guanidine groups is 1. The number of non-ortho nitro benzene ring substituents is 1. The zero-order valence-corrected chi connectivity index (χ0v) is 44.8. The van der Waals surface area contributed by atoms with Crippen LogP contribution in [-0.4, -0.2) is 147 Å². The number of hydrogen-bond donors (Lipinski definition) is 12. The van der Waals surface area contributed by atoms with Gasteiger partial charge in [-0.3, -0.25) is 53.5 Å². The van der Waals surface area contributed by atoms with Gasteiger partial charge in [-0.05, 0) is 80.9 Å². The number of aliphatic carboxylic acids is 2. The number of carbonyl (C=O) groups is 9. The smallest absolute Gasteiger partial charge is 0.326 e. The molecule has 26 nitrogen and oxygen atoms in total. The summed E-state index contributed by atoms with van der Waals surface area (Å²) in [5.74, 6) is -9.25. The van der Waals surface area contributed by atoms with Crippen LogP contribution in [0.15, 0.2) is 59.6 Å². The van der Waals surface area contributed by atoms with Crippen LogP contribution in [0.5, 0.6) is 0 Å². The Morgan fingerprint density at radius 2 is 1.26 bits per heavy atom. The molecule has 0 bridgehead atoms. The Morgan fingerprint density at radius 3 is 1.78 bits per heavy atom. The molecule has 1 saturated heterocycles. The second-order valence-electron chi connectivity index (χ2n) is 19.9. The van der Waals surface area contributed by atoms with Crippen molar-refractivity contribution in [3.8, 4) is 0 Å². The topological polar surface area (TPSA) is 429 Å². The fraction of sp³-hybridized carbons (Fsp3) is 0.577. The van der Waals surface area contributed by atoms with E-state index < -0.39 is 125 Å². The monoisotopic (exact) mass is 1090 g/mol. The molecular weight excluding hydrogens is 1010 g/mol. The highest BCUT2D eigenvalue weighted by atomic mass is 16.6. The molecule has 1 heterocycles. The number of carboxylic acid groups (broad SMARTS) is 2. The van der Waals surface area contributed by atoms with Gasteiger partial charge in [-0.25, -0.2) is 4.79 Å². The molecule has 0 aromatic heterocycles. The van der Waals surface area contributed by atoms with Crippen LogP contribution < -0.4 is 54.8 Å². The number of nitrogens with two attached hydrogens (primary N) is 4. The number of nitro groups is 1. The SMILES string of the molecule is CC[C@H](C)[C@H](NC(=O)[C@@H]1CCCN1C(=O)[C@@H](N)CCCCN)C(=O)N[C@@H](CCC(=O)O)C(=O)N[C@@H](Cc1ccccc1)C(=O)N[C@@H](Cc1ccc([N+](=O)[O-])cc1)C(=O)N[C@@H](CCCN=C(N)N)C(=O)N[C@@H](CC(C)C)C(=O)O. The minimum absolute atomic E-state index is 0.0223. The molecule has 2 aromatic rings. The van der Waals surface area contributed by atoms with Crippen LogP contribution >= 0.6 is 0 Å². The summed E-state index contributed by atoms with van der Waals surface area (Å²) in [5.41, 5.74) is 23.3. The molecule has 9 atom stereocenters. The van der Waals surface area contributed by atoms with Gasteiger partial charge >= 0.3 is 11.9 Å². The van der Waals surface area contributed by atoms with Crippen LogP contribution in [0.4, 0.5) is 5.69 Å². The molecule has 0 spiro atoms. The van der Waals surface area contributed by atoms with Crippen molar-refractivity contribution in [1.29, 1.82) is 0 Å². The third kappa shape index (κ3) is 21.7. The lowest BCUT2D eigenvalue weighted by Gasteiger charge is -2.31. The van der Waals surface area contributed by atoms with Gasteiger partial charge in [0.25, 0.3) is 5.69 Å². The minimum atomic E-state index is -1.61. The van der Waals surface area contributed by atoms with Crippen molar-refractivity contribution in [2.75, 3.05) is 19.6 Å². The molecule has 7 amide bonds. The molecule has 0 radical (unpaired) electrons. The summed E-state index contributed by atoms with van der Waals surface area (Å²) in [4.78, 5) is 139. The number of carboxylic acids is 2.